The van der Waals surface area contributed by atoms with Crippen molar-refractivity contribution in [1.82, 2.24) is 29.5 Å². The summed E-state index contributed by atoms with van der Waals surface area (Å²) in [7, 11) is 0. The van der Waals surface area contributed by atoms with Crippen molar-refractivity contribution in [1.29, 1.82) is 0 Å². The third kappa shape index (κ3) is 3.07. The first-order valence-electron chi connectivity index (χ1n) is 9.71. The monoisotopic (exact) mass is 373 g/mol. The first kappa shape index (κ1) is 17.1. The normalized spacial score (nSPS) is 18.1. The van der Waals surface area contributed by atoms with E-state index in [-0.39, 0.29) is 0 Å². The number of nitrogens with two attached hydrogens (primary N) is 1. The van der Waals surface area contributed by atoms with Crippen LogP contribution in [0.25, 0.3) is 16.7 Å². The van der Waals surface area contributed by atoms with E-state index in [9.17, 15) is 0 Å². The summed E-state index contributed by atoms with van der Waals surface area (Å²) in [6.45, 7) is 4.88. The molecule has 0 saturated carbocycles. The van der Waals surface area contributed by atoms with Crippen LogP contribution in [0.15, 0.2) is 42.7 Å². The highest BCUT2D eigenvalue weighted by atomic mass is 15.3. The molecule has 142 valence electrons. The molecule has 0 bridgehead atoms. The van der Waals surface area contributed by atoms with Crippen LogP contribution in [0.4, 0.5) is 5.82 Å². The lowest BCUT2D eigenvalue weighted by Gasteiger charge is -2.32. The number of piperidine rings is 1. The Morgan fingerprint density at radius 3 is 3.00 bits per heavy atom. The van der Waals surface area contributed by atoms with Crippen molar-refractivity contribution in [3.8, 4) is 0 Å². The zero-order valence-electron chi connectivity index (χ0n) is 15.9. The third-order valence-electron chi connectivity index (χ3n) is 5.50. The molecule has 2 N–H and O–H groups in total. The SMILES string of the molecule is Cc1cc2nc([C@@H]3CCCN(Cc4cccc5nccnc45)C3)cc(N)n2n1. The number of aromatic nitrogens is 5. The van der Waals surface area contributed by atoms with Crippen LogP contribution in [-0.2, 0) is 6.54 Å². The average molecular weight is 373 g/mol. The molecule has 5 rings (SSSR count). The molecule has 1 atom stereocenters. The molecular weight excluding hydrogens is 350 g/mol. The highest BCUT2D eigenvalue weighted by Crippen LogP contribution is 2.29. The molecule has 1 saturated heterocycles. The van der Waals surface area contributed by atoms with E-state index in [4.69, 9.17) is 10.7 Å². The van der Waals surface area contributed by atoms with E-state index >= 15 is 0 Å². The fraction of sp³-hybridized carbons (Fsp3) is 0.333. The molecule has 1 aliphatic rings. The second-order valence-corrected chi connectivity index (χ2v) is 7.58. The maximum atomic E-state index is 6.23. The van der Waals surface area contributed by atoms with Gasteiger partial charge in [0.25, 0.3) is 0 Å². The minimum absolute atomic E-state index is 0.373. The van der Waals surface area contributed by atoms with Crippen molar-refractivity contribution in [3.63, 3.8) is 0 Å². The fourth-order valence-electron chi connectivity index (χ4n) is 4.20. The Balaban J connectivity index is 1.40. The van der Waals surface area contributed by atoms with Crippen LogP contribution in [0, 0.1) is 6.92 Å². The average Bonchev–Trinajstić information content (AvgIpc) is 3.09. The van der Waals surface area contributed by atoms with Crippen molar-refractivity contribution in [2.45, 2.75) is 32.2 Å². The van der Waals surface area contributed by atoms with Gasteiger partial charge < -0.3 is 5.73 Å². The lowest BCUT2D eigenvalue weighted by molar-refractivity contribution is 0.199. The first-order valence-corrected chi connectivity index (χ1v) is 9.71. The number of hydrogen-bond donors (Lipinski definition) is 1. The van der Waals surface area contributed by atoms with Crippen molar-refractivity contribution in [2.24, 2.45) is 0 Å². The Morgan fingerprint density at radius 1 is 1.18 bits per heavy atom. The molecule has 3 aromatic heterocycles. The predicted octanol–water partition coefficient (Wildman–Crippen LogP) is 2.94. The summed E-state index contributed by atoms with van der Waals surface area (Å²) in [5.41, 5.74) is 12.2. The Labute approximate surface area is 163 Å². The van der Waals surface area contributed by atoms with Gasteiger partial charge in [-0.25, -0.2) is 4.98 Å². The number of fused-ring (bicyclic) bond motifs is 2. The number of benzene rings is 1. The van der Waals surface area contributed by atoms with Crippen molar-refractivity contribution < 1.29 is 0 Å². The van der Waals surface area contributed by atoms with Gasteiger partial charge in [-0.3, -0.25) is 14.9 Å². The largest absolute Gasteiger partial charge is 0.384 e. The summed E-state index contributed by atoms with van der Waals surface area (Å²) in [6.07, 6.45) is 5.78. The Kier molecular flexibility index (Phi) is 4.16. The molecule has 1 aromatic carbocycles. The number of nitrogens with zero attached hydrogens (tertiary/aromatic N) is 6. The number of rotatable bonds is 3. The molecular formula is C21H23N7. The summed E-state index contributed by atoms with van der Waals surface area (Å²) in [6, 6.07) is 10.2. The van der Waals surface area contributed by atoms with Gasteiger partial charge in [-0.05, 0) is 37.9 Å². The van der Waals surface area contributed by atoms with Crippen LogP contribution in [0.3, 0.4) is 0 Å². The molecule has 28 heavy (non-hydrogen) atoms. The van der Waals surface area contributed by atoms with Crippen LogP contribution in [0.1, 0.15) is 35.7 Å². The minimum atomic E-state index is 0.373. The van der Waals surface area contributed by atoms with Gasteiger partial charge in [-0.15, -0.1) is 0 Å². The van der Waals surface area contributed by atoms with E-state index in [1.165, 1.54) is 5.56 Å². The van der Waals surface area contributed by atoms with Gasteiger partial charge in [0, 0.05) is 43.5 Å². The molecule has 7 nitrogen and oxygen atoms in total. The molecule has 1 fully saturated rings. The van der Waals surface area contributed by atoms with Crippen LogP contribution in [-0.4, -0.2) is 42.6 Å². The van der Waals surface area contributed by atoms with E-state index in [0.717, 1.165) is 60.5 Å². The van der Waals surface area contributed by atoms with Gasteiger partial charge in [-0.2, -0.15) is 9.61 Å². The first-order chi connectivity index (χ1) is 13.7. The third-order valence-corrected chi connectivity index (χ3v) is 5.50. The van der Waals surface area contributed by atoms with Crippen LogP contribution < -0.4 is 5.73 Å². The van der Waals surface area contributed by atoms with E-state index < -0.39 is 0 Å². The van der Waals surface area contributed by atoms with Gasteiger partial charge in [0.15, 0.2) is 5.65 Å². The van der Waals surface area contributed by atoms with Crippen molar-refractivity contribution in [3.05, 3.63) is 59.7 Å². The van der Waals surface area contributed by atoms with E-state index in [0.29, 0.717) is 11.7 Å². The zero-order valence-corrected chi connectivity index (χ0v) is 15.9. The highest BCUT2D eigenvalue weighted by molar-refractivity contribution is 5.77. The molecule has 0 spiro atoms. The van der Waals surface area contributed by atoms with E-state index in [1.54, 1.807) is 16.9 Å². The lowest BCUT2D eigenvalue weighted by Crippen LogP contribution is -2.34. The van der Waals surface area contributed by atoms with E-state index in [2.05, 4.69) is 32.1 Å². The van der Waals surface area contributed by atoms with Crippen molar-refractivity contribution in [2.75, 3.05) is 18.8 Å². The highest BCUT2D eigenvalue weighted by Gasteiger charge is 2.24. The Bertz CT molecular complexity index is 1140. The maximum Gasteiger partial charge on any atom is 0.157 e. The molecule has 4 heterocycles. The van der Waals surface area contributed by atoms with Crippen LogP contribution >= 0.6 is 0 Å². The summed E-state index contributed by atoms with van der Waals surface area (Å²) in [4.78, 5) is 16.3. The fourth-order valence-corrected chi connectivity index (χ4v) is 4.20. The van der Waals surface area contributed by atoms with Gasteiger partial charge in [0.05, 0.1) is 22.4 Å². The second kappa shape index (κ2) is 6.83. The van der Waals surface area contributed by atoms with E-state index in [1.807, 2.05) is 25.1 Å². The summed E-state index contributed by atoms with van der Waals surface area (Å²) in [5.74, 6) is 1.02. The number of para-hydroxylation sites is 1. The predicted molar refractivity (Wildman–Crippen MR) is 109 cm³/mol. The topological polar surface area (TPSA) is 85.2 Å². The van der Waals surface area contributed by atoms with Gasteiger partial charge in [-0.1, -0.05) is 12.1 Å². The molecule has 7 heteroatoms. The van der Waals surface area contributed by atoms with Gasteiger partial charge in [0.1, 0.15) is 5.82 Å². The van der Waals surface area contributed by atoms with Crippen LogP contribution in [0.5, 0.6) is 0 Å². The molecule has 0 aliphatic carbocycles. The number of anilines is 1. The Hall–Kier alpha value is -3.06. The smallest absolute Gasteiger partial charge is 0.157 e. The maximum absolute atomic E-state index is 6.23. The van der Waals surface area contributed by atoms with Gasteiger partial charge >= 0.3 is 0 Å². The van der Waals surface area contributed by atoms with Crippen molar-refractivity contribution >= 4 is 22.5 Å². The molecule has 1 aliphatic heterocycles. The molecule has 0 amide bonds. The summed E-state index contributed by atoms with van der Waals surface area (Å²) < 4.78 is 1.72. The Morgan fingerprint density at radius 2 is 2.07 bits per heavy atom. The number of nitrogen functional groups attached to an aromatic ring is 1. The lowest BCUT2D eigenvalue weighted by atomic mass is 9.94. The number of aryl methyl sites for hydroxylation is 1. The van der Waals surface area contributed by atoms with Gasteiger partial charge in [0.2, 0.25) is 0 Å². The standard InChI is InChI=1S/C21H23N7/c1-14-10-20-25-18(11-19(22)28(20)26-14)15-5-3-9-27(12-15)13-16-4-2-6-17-21(16)24-8-7-23-17/h2,4,6-8,10-11,15H,3,5,9,12-13,22H2,1H3/t15-/m1/s1. The summed E-state index contributed by atoms with van der Waals surface area (Å²) >= 11 is 0. The molecule has 0 unspecified atom stereocenters. The quantitative estimate of drug-likeness (QED) is 0.594. The summed E-state index contributed by atoms with van der Waals surface area (Å²) in [5, 5.41) is 4.40. The number of hydrogen-bond acceptors (Lipinski definition) is 6. The minimum Gasteiger partial charge on any atom is -0.384 e. The number of likely N-dealkylation sites (tertiary alicyclic amines) is 1. The zero-order chi connectivity index (χ0) is 19.1. The molecule has 0 radical (unpaired) electrons. The second-order valence-electron chi connectivity index (χ2n) is 7.58. The molecule has 4 aromatic rings. The van der Waals surface area contributed by atoms with Crippen LogP contribution in [0.2, 0.25) is 0 Å².